The molecule has 0 saturated carbocycles. The van der Waals surface area contributed by atoms with Crippen molar-refractivity contribution in [2.75, 3.05) is 4.90 Å². The molecule has 2 aromatic rings. The van der Waals surface area contributed by atoms with E-state index in [1.807, 2.05) is 62.4 Å². The summed E-state index contributed by atoms with van der Waals surface area (Å²) in [5.41, 5.74) is 9.05. The molecule has 5 heteroatoms. The molecule has 0 aliphatic rings. The molecule has 2 rings (SSSR count). The van der Waals surface area contributed by atoms with E-state index in [0.29, 0.717) is 12.2 Å². The van der Waals surface area contributed by atoms with Gasteiger partial charge in [-0.2, -0.15) is 0 Å². The maximum atomic E-state index is 12.5. The number of nitrogens with two attached hydrogens (primary N) is 1. The molecule has 5 nitrogen and oxygen atoms in total. The molecule has 0 bridgehead atoms. The Kier molecular flexibility index (Phi) is 4.78. The van der Waals surface area contributed by atoms with Gasteiger partial charge in [-0.25, -0.2) is 9.69 Å². The van der Waals surface area contributed by atoms with Crippen LogP contribution in [0.25, 0.3) is 0 Å². The molecule has 22 heavy (non-hydrogen) atoms. The highest BCUT2D eigenvalue weighted by atomic mass is 16.2. The number of amides is 2. The number of hydrogen-bond donors (Lipinski definition) is 3. The lowest BCUT2D eigenvalue weighted by Crippen LogP contribution is -2.47. The molecule has 0 atom stereocenters. The van der Waals surface area contributed by atoms with Gasteiger partial charge in [0.25, 0.3) is 0 Å². The molecule has 0 spiro atoms. The quantitative estimate of drug-likeness (QED) is 0.601. The van der Waals surface area contributed by atoms with Gasteiger partial charge in [0, 0.05) is 6.54 Å². The number of carbonyl (C=O) groups excluding carboxylic acids is 1. The van der Waals surface area contributed by atoms with E-state index in [0.717, 1.165) is 16.7 Å². The zero-order valence-electron chi connectivity index (χ0n) is 12.8. The third-order valence-corrected chi connectivity index (χ3v) is 3.39. The van der Waals surface area contributed by atoms with E-state index in [1.54, 1.807) is 0 Å². The standard InChI is InChI=1S/C17H20N4O/c1-12-7-6-8-13(2)15(12)21(16(18)19)17(22)20-11-14-9-4-3-5-10-14/h3-10H,11H2,1-2H3,(H3,18,19)(H,20,22). The van der Waals surface area contributed by atoms with Crippen molar-refractivity contribution in [2.45, 2.75) is 20.4 Å². The molecule has 114 valence electrons. The summed E-state index contributed by atoms with van der Waals surface area (Å²) in [4.78, 5) is 13.7. The van der Waals surface area contributed by atoms with Crippen molar-refractivity contribution in [2.24, 2.45) is 5.73 Å². The Morgan fingerprint density at radius 2 is 1.68 bits per heavy atom. The van der Waals surface area contributed by atoms with Gasteiger partial charge in [-0.3, -0.25) is 5.41 Å². The summed E-state index contributed by atoms with van der Waals surface area (Å²) in [6.07, 6.45) is 0. The van der Waals surface area contributed by atoms with E-state index in [9.17, 15) is 4.79 Å². The number of guanidine groups is 1. The number of urea groups is 1. The fraction of sp³-hybridized carbons (Fsp3) is 0.176. The molecule has 0 unspecified atom stereocenters. The Hall–Kier alpha value is -2.82. The van der Waals surface area contributed by atoms with Gasteiger partial charge in [-0.15, -0.1) is 0 Å². The summed E-state index contributed by atoms with van der Waals surface area (Å²) in [5, 5.41) is 10.5. The smallest absolute Gasteiger partial charge is 0.329 e. The predicted molar refractivity (Wildman–Crippen MR) is 89.0 cm³/mol. The summed E-state index contributed by atoms with van der Waals surface area (Å²) in [5.74, 6) is -0.303. The Morgan fingerprint density at radius 1 is 1.09 bits per heavy atom. The van der Waals surface area contributed by atoms with Crippen molar-refractivity contribution < 1.29 is 4.79 Å². The molecule has 0 aliphatic carbocycles. The van der Waals surface area contributed by atoms with E-state index < -0.39 is 6.03 Å². The van der Waals surface area contributed by atoms with Gasteiger partial charge in [-0.05, 0) is 30.5 Å². The van der Waals surface area contributed by atoms with E-state index in [-0.39, 0.29) is 5.96 Å². The first-order chi connectivity index (χ1) is 10.5. The summed E-state index contributed by atoms with van der Waals surface area (Å²) in [6, 6.07) is 14.9. The summed E-state index contributed by atoms with van der Waals surface area (Å²) >= 11 is 0. The zero-order chi connectivity index (χ0) is 16.1. The first kappa shape index (κ1) is 15.6. The van der Waals surface area contributed by atoms with Gasteiger partial charge >= 0.3 is 6.03 Å². The summed E-state index contributed by atoms with van der Waals surface area (Å²) in [6.45, 7) is 4.17. The molecular weight excluding hydrogens is 276 g/mol. The molecule has 0 aliphatic heterocycles. The minimum atomic E-state index is -0.409. The average molecular weight is 296 g/mol. The predicted octanol–water partition coefficient (Wildman–Crippen LogP) is 2.91. The second-order valence-electron chi connectivity index (χ2n) is 5.11. The minimum absolute atomic E-state index is 0.303. The highest BCUT2D eigenvalue weighted by Gasteiger charge is 2.21. The Bertz CT molecular complexity index is 662. The van der Waals surface area contributed by atoms with E-state index >= 15 is 0 Å². The topological polar surface area (TPSA) is 82.2 Å². The van der Waals surface area contributed by atoms with Gasteiger partial charge in [0.05, 0.1) is 5.69 Å². The van der Waals surface area contributed by atoms with Gasteiger partial charge in [0.2, 0.25) is 5.96 Å². The number of aryl methyl sites for hydroxylation is 2. The van der Waals surface area contributed by atoms with Crippen LogP contribution in [0, 0.1) is 19.3 Å². The number of hydrogen-bond acceptors (Lipinski definition) is 2. The lowest BCUT2D eigenvalue weighted by Gasteiger charge is -2.24. The first-order valence-corrected chi connectivity index (χ1v) is 7.03. The molecule has 2 amide bonds. The highest BCUT2D eigenvalue weighted by Crippen LogP contribution is 2.24. The number of nitrogens with one attached hydrogen (secondary N) is 2. The molecule has 0 fully saturated rings. The van der Waals surface area contributed by atoms with E-state index in [2.05, 4.69) is 5.32 Å². The Morgan fingerprint density at radius 3 is 2.23 bits per heavy atom. The number of nitrogens with zero attached hydrogens (tertiary/aromatic N) is 1. The van der Waals surface area contributed by atoms with Crippen LogP contribution in [0.5, 0.6) is 0 Å². The second kappa shape index (κ2) is 6.76. The van der Waals surface area contributed by atoms with Crippen molar-refractivity contribution in [1.29, 1.82) is 5.41 Å². The lowest BCUT2D eigenvalue weighted by atomic mass is 10.1. The van der Waals surface area contributed by atoms with Crippen molar-refractivity contribution in [3.05, 3.63) is 65.2 Å². The molecule has 0 saturated heterocycles. The van der Waals surface area contributed by atoms with E-state index in [4.69, 9.17) is 11.1 Å². The van der Waals surface area contributed by atoms with Crippen LogP contribution in [0.3, 0.4) is 0 Å². The SMILES string of the molecule is Cc1cccc(C)c1N(C(=N)N)C(=O)NCc1ccccc1. The highest BCUT2D eigenvalue weighted by molar-refractivity contribution is 6.14. The maximum absolute atomic E-state index is 12.5. The molecular formula is C17H20N4O. The van der Waals surface area contributed by atoms with Crippen LogP contribution < -0.4 is 16.0 Å². The molecule has 0 heterocycles. The average Bonchev–Trinajstić information content (AvgIpc) is 2.49. The van der Waals surface area contributed by atoms with Crippen molar-refractivity contribution in [1.82, 2.24) is 5.32 Å². The van der Waals surface area contributed by atoms with Crippen LogP contribution in [-0.2, 0) is 6.54 Å². The summed E-state index contributed by atoms with van der Waals surface area (Å²) < 4.78 is 0. The monoisotopic (exact) mass is 296 g/mol. The molecule has 0 aromatic heterocycles. The number of benzene rings is 2. The van der Waals surface area contributed by atoms with Crippen LogP contribution in [0.2, 0.25) is 0 Å². The third kappa shape index (κ3) is 3.44. The lowest BCUT2D eigenvalue weighted by molar-refractivity contribution is 0.248. The first-order valence-electron chi connectivity index (χ1n) is 7.03. The number of carbonyl (C=O) groups is 1. The second-order valence-corrected chi connectivity index (χ2v) is 5.11. The maximum Gasteiger partial charge on any atom is 0.329 e. The largest absolute Gasteiger partial charge is 0.369 e. The number of para-hydroxylation sites is 1. The van der Waals surface area contributed by atoms with Gasteiger partial charge in [0.15, 0.2) is 0 Å². The molecule has 4 N–H and O–H groups in total. The van der Waals surface area contributed by atoms with Gasteiger partial charge < -0.3 is 11.1 Å². The Balaban J connectivity index is 2.21. The molecule has 2 aromatic carbocycles. The number of rotatable bonds is 3. The van der Waals surface area contributed by atoms with Crippen molar-refractivity contribution in [3.63, 3.8) is 0 Å². The fourth-order valence-corrected chi connectivity index (χ4v) is 2.34. The van der Waals surface area contributed by atoms with Gasteiger partial charge in [0.1, 0.15) is 0 Å². The van der Waals surface area contributed by atoms with Crippen LogP contribution in [0.1, 0.15) is 16.7 Å². The van der Waals surface area contributed by atoms with Crippen LogP contribution in [0.15, 0.2) is 48.5 Å². The third-order valence-electron chi connectivity index (χ3n) is 3.39. The Labute approximate surface area is 130 Å². The van der Waals surface area contributed by atoms with Crippen molar-refractivity contribution in [3.8, 4) is 0 Å². The van der Waals surface area contributed by atoms with Crippen LogP contribution in [0.4, 0.5) is 10.5 Å². The zero-order valence-corrected chi connectivity index (χ0v) is 12.8. The normalized spacial score (nSPS) is 10.1. The van der Waals surface area contributed by atoms with E-state index in [1.165, 1.54) is 4.90 Å². The minimum Gasteiger partial charge on any atom is -0.369 e. The van der Waals surface area contributed by atoms with Crippen molar-refractivity contribution >= 4 is 17.7 Å². The summed E-state index contributed by atoms with van der Waals surface area (Å²) in [7, 11) is 0. The molecule has 0 radical (unpaired) electrons. The fourth-order valence-electron chi connectivity index (χ4n) is 2.34. The van der Waals surface area contributed by atoms with Crippen LogP contribution >= 0.6 is 0 Å². The van der Waals surface area contributed by atoms with Gasteiger partial charge in [-0.1, -0.05) is 48.5 Å². The number of anilines is 1. The van der Waals surface area contributed by atoms with Crippen LogP contribution in [-0.4, -0.2) is 12.0 Å².